The highest BCUT2D eigenvalue weighted by molar-refractivity contribution is 6.00. The fourth-order valence-electron chi connectivity index (χ4n) is 2.76. The second kappa shape index (κ2) is 8.39. The number of nitrogens with one attached hydrogen (secondary N) is 3. The van der Waals surface area contributed by atoms with E-state index in [1.165, 1.54) is 0 Å². The van der Waals surface area contributed by atoms with E-state index in [1.807, 2.05) is 12.1 Å². The van der Waals surface area contributed by atoms with Crippen molar-refractivity contribution in [2.24, 2.45) is 0 Å². The summed E-state index contributed by atoms with van der Waals surface area (Å²) in [6, 6.07) is 8.74. The molecule has 0 unspecified atom stereocenters. The summed E-state index contributed by atoms with van der Waals surface area (Å²) in [5.41, 5.74) is 2.24. The van der Waals surface area contributed by atoms with Crippen LogP contribution in [0.5, 0.6) is 5.75 Å². The first-order valence-corrected chi connectivity index (χ1v) is 8.81. The number of anilines is 3. The normalized spacial score (nSPS) is 15.6. The van der Waals surface area contributed by atoms with Crippen molar-refractivity contribution in [3.63, 3.8) is 0 Å². The van der Waals surface area contributed by atoms with Crippen molar-refractivity contribution in [3.05, 3.63) is 42.7 Å². The summed E-state index contributed by atoms with van der Waals surface area (Å²) in [4.78, 5) is 29.5. The molecule has 0 spiro atoms. The predicted molar refractivity (Wildman–Crippen MR) is 104 cm³/mol. The summed E-state index contributed by atoms with van der Waals surface area (Å²) in [5, 5.41) is 8.82. The lowest BCUT2D eigenvalue weighted by molar-refractivity contribution is -0.125. The Balaban J connectivity index is 1.44. The first kappa shape index (κ1) is 18.5. The maximum Gasteiger partial charge on any atom is 0.319 e. The molecule has 0 bridgehead atoms. The zero-order chi connectivity index (χ0) is 19.2. The second-order valence-electron chi connectivity index (χ2n) is 6.24. The van der Waals surface area contributed by atoms with Crippen molar-refractivity contribution >= 4 is 29.0 Å². The smallest absolute Gasteiger partial charge is 0.319 e. The van der Waals surface area contributed by atoms with E-state index in [9.17, 15) is 9.59 Å². The maximum atomic E-state index is 12.0. The Bertz CT molecular complexity index is 812. The molecule has 3 amide bonds. The van der Waals surface area contributed by atoms with Gasteiger partial charge in [-0.25, -0.2) is 4.79 Å². The van der Waals surface area contributed by atoms with E-state index in [-0.39, 0.29) is 11.9 Å². The number of pyridine rings is 1. The van der Waals surface area contributed by atoms with E-state index in [1.54, 1.807) is 49.5 Å². The number of carbonyl (C=O) groups excluding carboxylic acids is 2. The highest BCUT2D eigenvalue weighted by atomic mass is 16.5. The molecule has 2 aromatic rings. The standard InChI is InChI=1S/C19H23N5O3/c1-13-18(25)24(2)16-7-6-14(11-17(16)27-13)23-19(26)22-10-4-9-21-15-5-3-8-20-12-15/h3,5-8,11-13,21H,4,9-10H2,1-2H3,(H2,22,23,26)/t13-/m0/s1. The Morgan fingerprint density at radius 2 is 2.11 bits per heavy atom. The predicted octanol–water partition coefficient (Wildman–Crippen LogP) is 2.45. The number of fused-ring (bicyclic) bond motifs is 1. The number of rotatable bonds is 6. The van der Waals surface area contributed by atoms with E-state index in [4.69, 9.17) is 4.74 Å². The van der Waals surface area contributed by atoms with Gasteiger partial charge in [0.1, 0.15) is 5.75 Å². The van der Waals surface area contributed by atoms with Crippen molar-refractivity contribution in [3.8, 4) is 5.75 Å². The molecule has 3 rings (SSSR count). The number of carbonyl (C=O) groups is 2. The molecule has 3 N–H and O–H groups in total. The van der Waals surface area contributed by atoms with E-state index in [0.29, 0.717) is 23.7 Å². The molecule has 0 radical (unpaired) electrons. The molecule has 1 aromatic heterocycles. The summed E-state index contributed by atoms with van der Waals surface area (Å²) in [5.74, 6) is 0.476. The number of hydrogen-bond acceptors (Lipinski definition) is 5. The van der Waals surface area contributed by atoms with Crippen LogP contribution in [-0.4, -0.2) is 43.2 Å². The lowest BCUT2D eigenvalue weighted by Crippen LogP contribution is -2.42. The molecule has 1 aromatic carbocycles. The third-order valence-electron chi connectivity index (χ3n) is 4.19. The topological polar surface area (TPSA) is 95.6 Å². The highest BCUT2D eigenvalue weighted by Crippen LogP contribution is 2.35. The first-order valence-electron chi connectivity index (χ1n) is 8.81. The zero-order valence-electron chi connectivity index (χ0n) is 15.4. The van der Waals surface area contributed by atoms with Gasteiger partial charge >= 0.3 is 6.03 Å². The first-order chi connectivity index (χ1) is 13.0. The highest BCUT2D eigenvalue weighted by Gasteiger charge is 2.28. The Morgan fingerprint density at radius 3 is 2.89 bits per heavy atom. The van der Waals surface area contributed by atoms with Crippen LogP contribution in [0.4, 0.5) is 21.9 Å². The van der Waals surface area contributed by atoms with Gasteiger partial charge in [0.15, 0.2) is 6.10 Å². The number of urea groups is 1. The van der Waals surface area contributed by atoms with Gasteiger partial charge in [0.25, 0.3) is 5.91 Å². The Morgan fingerprint density at radius 1 is 1.26 bits per heavy atom. The quantitative estimate of drug-likeness (QED) is 0.680. The molecular formula is C19H23N5O3. The van der Waals surface area contributed by atoms with Crippen molar-refractivity contribution in [1.82, 2.24) is 10.3 Å². The zero-order valence-corrected chi connectivity index (χ0v) is 15.4. The molecule has 2 heterocycles. The van der Waals surface area contributed by atoms with Crippen LogP contribution in [0.1, 0.15) is 13.3 Å². The summed E-state index contributed by atoms with van der Waals surface area (Å²) >= 11 is 0. The Labute approximate surface area is 157 Å². The number of hydrogen-bond donors (Lipinski definition) is 3. The van der Waals surface area contributed by atoms with Crippen LogP contribution in [0.2, 0.25) is 0 Å². The molecule has 8 nitrogen and oxygen atoms in total. The molecular weight excluding hydrogens is 346 g/mol. The molecule has 0 saturated carbocycles. The molecule has 1 atom stereocenters. The summed E-state index contributed by atoms with van der Waals surface area (Å²) in [6.45, 7) is 2.97. The second-order valence-corrected chi connectivity index (χ2v) is 6.24. The summed E-state index contributed by atoms with van der Waals surface area (Å²) in [7, 11) is 1.71. The fraction of sp³-hybridized carbons (Fsp3) is 0.316. The van der Waals surface area contributed by atoms with Crippen molar-refractivity contribution < 1.29 is 14.3 Å². The Hall–Kier alpha value is -3.29. The van der Waals surface area contributed by atoms with Crippen LogP contribution >= 0.6 is 0 Å². The molecule has 0 saturated heterocycles. The van der Waals surface area contributed by atoms with Gasteiger partial charge in [-0.3, -0.25) is 9.78 Å². The third kappa shape index (κ3) is 4.66. The monoisotopic (exact) mass is 369 g/mol. The van der Waals surface area contributed by atoms with Crippen LogP contribution in [0, 0.1) is 0 Å². The van der Waals surface area contributed by atoms with E-state index < -0.39 is 6.10 Å². The molecule has 1 aliphatic heterocycles. The van der Waals surface area contributed by atoms with Crippen LogP contribution < -0.4 is 25.6 Å². The minimum Gasteiger partial charge on any atom is -0.479 e. The molecule has 0 aliphatic carbocycles. The van der Waals surface area contributed by atoms with Gasteiger partial charge in [-0.1, -0.05) is 0 Å². The third-order valence-corrected chi connectivity index (χ3v) is 4.19. The van der Waals surface area contributed by atoms with Crippen LogP contribution in [0.3, 0.4) is 0 Å². The van der Waals surface area contributed by atoms with Crippen LogP contribution in [-0.2, 0) is 4.79 Å². The van der Waals surface area contributed by atoms with Crippen LogP contribution in [0.25, 0.3) is 0 Å². The number of ether oxygens (including phenoxy) is 1. The maximum absolute atomic E-state index is 12.0. The molecule has 27 heavy (non-hydrogen) atoms. The SMILES string of the molecule is C[C@@H]1Oc2cc(NC(=O)NCCCNc3cccnc3)ccc2N(C)C1=O. The molecule has 0 fully saturated rings. The summed E-state index contributed by atoms with van der Waals surface area (Å²) in [6.07, 6.45) is 3.71. The van der Waals surface area contributed by atoms with Crippen LogP contribution in [0.15, 0.2) is 42.7 Å². The van der Waals surface area contributed by atoms with Gasteiger partial charge in [0, 0.05) is 44.3 Å². The Kier molecular flexibility index (Phi) is 5.75. The minimum atomic E-state index is -0.543. The number of aromatic nitrogens is 1. The minimum absolute atomic E-state index is 0.0964. The molecule has 142 valence electrons. The lowest BCUT2D eigenvalue weighted by Gasteiger charge is -2.30. The average Bonchev–Trinajstić information content (AvgIpc) is 2.66. The molecule has 1 aliphatic rings. The van der Waals surface area contributed by atoms with E-state index >= 15 is 0 Å². The van der Waals surface area contributed by atoms with Gasteiger partial charge in [0.05, 0.1) is 11.4 Å². The molecule has 8 heteroatoms. The number of amides is 3. The lowest BCUT2D eigenvalue weighted by atomic mass is 10.2. The van der Waals surface area contributed by atoms with Gasteiger partial charge in [0.2, 0.25) is 0 Å². The average molecular weight is 369 g/mol. The van der Waals surface area contributed by atoms with Gasteiger partial charge < -0.3 is 25.6 Å². The summed E-state index contributed by atoms with van der Waals surface area (Å²) < 4.78 is 5.62. The number of nitrogens with zero attached hydrogens (tertiary/aromatic N) is 2. The van der Waals surface area contributed by atoms with Gasteiger partial charge in [-0.05, 0) is 37.6 Å². The van der Waals surface area contributed by atoms with Crippen molar-refractivity contribution in [1.29, 1.82) is 0 Å². The largest absolute Gasteiger partial charge is 0.479 e. The van der Waals surface area contributed by atoms with Gasteiger partial charge in [-0.15, -0.1) is 0 Å². The number of likely N-dealkylation sites (N-methyl/N-ethyl adjacent to an activating group) is 1. The fourth-order valence-corrected chi connectivity index (χ4v) is 2.76. The number of benzene rings is 1. The van der Waals surface area contributed by atoms with Crippen molar-refractivity contribution in [2.75, 3.05) is 35.7 Å². The van der Waals surface area contributed by atoms with E-state index in [2.05, 4.69) is 20.9 Å². The van der Waals surface area contributed by atoms with E-state index in [0.717, 1.165) is 18.7 Å². The van der Waals surface area contributed by atoms with Gasteiger partial charge in [-0.2, -0.15) is 0 Å². The van der Waals surface area contributed by atoms with Crippen molar-refractivity contribution in [2.45, 2.75) is 19.4 Å².